The summed E-state index contributed by atoms with van der Waals surface area (Å²) in [6.45, 7) is 1.44. The molecule has 15 nitrogen and oxygen atoms in total. The quantitative estimate of drug-likeness (QED) is 0.270. The van der Waals surface area contributed by atoms with Crippen LogP contribution in [0, 0.1) is 17.8 Å². The van der Waals surface area contributed by atoms with Gasteiger partial charge in [0.05, 0.1) is 19.3 Å². The number of aromatic nitrogens is 4. The number of nitrogens with zero attached hydrogens (tertiary/aromatic N) is 5. The Labute approximate surface area is 234 Å². The summed E-state index contributed by atoms with van der Waals surface area (Å²) in [6.07, 6.45) is -0.564. The van der Waals surface area contributed by atoms with E-state index in [0.717, 1.165) is 25.7 Å². The van der Waals surface area contributed by atoms with Crippen LogP contribution in [-0.2, 0) is 19.1 Å². The Morgan fingerprint density at radius 2 is 1.98 bits per heavy atom. The lowest BCUT2D eigenvalue weighted by Gasteiger charge is -2.31. The molecule has 218 valence electrons. The molecule has 0 radical (unpaired) electrons. The summed E-state index contributed by atoms with van der Waals surface area (Å²) in [6, 6.07) is 0.0775. The summed E-state index contributed by atoms with van der Waals surface area (Å²) in [4.78, 5) is 50.8. The number of anilines is 1. The van der Waals surface area contributed by atoms with Crippen molar-refractivity contribution in [3.63, 3.8) is 0 Å². The molecule has 1 aliphatic carbocycles. The number of carbonyl (C=O) groups excluding carboxylic acids is 3. The minimum absolute atomic E-state index is 0.0775. The number of aliphatic hydroxyl groups is 2. The Morgan fingerprint density at radius 3 is 2.68 bits per heavy atom. The number of piperidine rings is 1. The van der Waals surface area contributed by atoms with Crippen molar-refractivity contribution in [1.29, 1.82) is 0 Å². The zero-order chi connectivity index (χ0) is 28.7. The van der Waals surface area contributed by atoms with Crippen LogP contribution in [-0.4, -0.2) is 103 Å². The molecule has 3 aliphatic heterocycles. The first-order valence-corrected chi connectivity index (χ1v) is 13.8. The Morgan fingerprint density at radius 1 is 1.20 bits per heavy atom. The second-order valence-corrected chi connectivity index (χ2v) is 10.9. The van der Waals surface area contributed by atoms with Gasteiger partial charge in [-0.15, -0.1) is 0 Å². The van der Waals surface area contributed by atoms with Gasteiger partial charge in [-0.3, -0.25) is 14.2 Å². The van der Waals surface area contributed by atoms with Crippen LogP contribution < -0.4 is 16.4 Å². The van der Waals surface area contributed by atoms with Crippen molar-refractivity contribution in [2.45, 2.75) is 75.2 Å². The third-order valence-corrected chi connectivity index (χ3v) is 7.81. The van der Waals surface area contributed by atoms with E-state index in [-0.39, 0.29) is 47.1 Å². The maximum absolute atomic E-state index is 12.5. The van der Waals surface area contributed by atoms with Gasteiger partial charge in [-0.2, -0.15) is 0 Å². The van der Waals surface area contributed by atoms with Gasteiger partial charge in [0.25, 0.3) is 5.91 Å². The molecule has 6 N–H and O–H groups in total. The van der Waals surface area contributed by atoms with E-state index in [1.54, 1.807) is 4.90 Å². The van der Waals surface area contributed by atoms with Crippen LogP contribution in [0.25, 0.3) is 11.2 Å². The molecule has 2 unspecified atom stereocenters. The van der Waals surface area contributed by atoms with Crippen LogP contribution in [0.15, 0.2) is 6.33 Å². The molecule has 2 aromatic heterocycles. The monoisotopic (exact) mass is 568 g/mol. The van der Waals surface area contributed by atoms with Gasteiger partial charge in [0.1, 0.15) is 23.8 Å². The lowest BCUT2D eigenvalue weighted by atomic mass is 9.94. The largest absolute Gasteiger partial charge is 0.444 e. The van der Waals surface area contributed by atoms with E-state index in [4.69, 9.17) is 15.2 Å². The average Bonchev–Trinajstić information content (AvgIpc) is 3.38. The van der Waals surface area contributed by atoms with E-state index in [1.165, 1.54) is 10.9 Å². The molecular formula is C26H32N8O7. The van der Waals surface area contributed by atoms with Gasteiger partial charge in [-0.05, 0) is 37.5 Å². The number of likely N-dealkylation sites (tertiary alicyclic amines) is 1. The number of rotatable bonds is 5. The van der Waals surface area contributed by atoms with Gasteiger partial charge in [-0.1, -0.05) is 5.92 Å². The van der Waals surface area contributed by atoms with Crippen molar-refractivity contribution < 1.29 is 34.1 Å². The highest BCUT2D eigenvalue weighted by molar-refractivity contribution is 5.83. The van der Waals surface area contributed by atoms with Gasteiger partial charge in [0.2, 0.25) is 11.7 Å². The number of nitrogens with two attached hydrogens (primary N) is 1. The van der Waals surface area contributed by atoms with E-state index in [1.807, 2.05) is 0 Å². The van der Waals surface area contributed by atoms with Crippen molar-refractivity contribution >= 4 is 34.9 Å². The fraction of sp³-hybridized carbons (Fsp3) is 0.615. The number of carbonyl (C=O) groups is 3. The predicted octanol–water partition coefficient (Wildman–Crippen LogP) is -1.21. The number of fused-ring (bicyclic) bond motifs is 1. The highest BCUT2D eigenvalue weighted by atomic mass is 16.6. The zero-order valence-corrected chi connectivity index (χ0v) is 22.2. The predicted molar refractivity (Wildman–Crippen MR) is 141 cm³/mol. The van der Waals surface area contributed by atoms with Crippen LogP contribution in [0.1, 0.15) is 50.6 Å². The Kier molecular flexibility index (Phi) is 7.37. The molecule has 6 rings (SSSR count). The molecular weight excluding hydrogens is 536 g/mol. The number of imidazole rings is 1. The van der Waals surface area contributed by atoms with Crippen LogP contribution in [0.3, 0.4) is 0 Å². The standard InChI is InChI=1S/C26H32N8O7/c27-22-18-23(34(12-29-18)25-20(37)19(36)21(41-25)24(38)30-14-4-5-14)32-16(31-22)3-1-2-13-6-8-33(9-7-13)26(39)40-15-10-17(35)28-11-15/h12-15,19-21,25,36-37H,2,4-11H2,(H,28,35)(H,30,38)(H2,27,31,32)/t15?,19-,20?,21+,25-/m1/s1. The summed E-state index contributed by atoms with van der Waals surface area (Å²) in [5.41, 5.74) is 6.65. The summed E-state index contributed by atoms with van der Waals surface area (Å²) >= 11 is 0. The molecule has 5 atom stereocenters. The average molecular weight is 569 g/mol. The second-order valence-electron chi connectivity index (χ2n) is 10.9. The first-order chi connectivity index (χ1) is 19.8. The molecule has 4 aliphatic rings. The van der Waals surface area contributed by atoms with Crippen molar-refractivity contribution in [1.82, 2.24) is 35.1 Å². The van der Waals surface area contributed by atoms with E-state index in [2.05, 4.69) is 37.4 Å². The molecule has 0 aromatic carbocycles. The SMILES string of the molecule is Nc1nc(C#CCC2CCN(C(=O)OC3CNC(=O)C3)CC2)nc2c1ncn2[C@@H]1O[C@H](C(=O)NC2CC2)[C@H](O)C1O. The van der Waals surface area contributed by atoms with Crippen LogP contribution >= 0.6 is 0 Å². The highest BCUT2D eigenvalue weighted by Crippen LogP contribution is 2.33. The fourth-order valence-electron chi connectivity index (χ4n) is 5.27. The molecule has 3 saturated heterocycles. The maximum Gasteiger partial charge on any atom is 0.410 e. The van der Waals surface area contributed by atoms with Crippen molar-refractivity contribution in [3.05, 3.63) is 12.2 Å². The Hall–Kier alpha value is -4.00. The van der Waals surface area contributed by atoms with E-state index < -0.39 is 42.6 Å². The molecule has 0 spiro atoms. The van der Waals surface area contributed by atoms with Gasteiger partial charge in [0.15, 0.2) is 23.8 Å². The molecule has 1 saturated carbocycles. The third kappa shape index (κ3) is 5.76. The number of aliphatic hydroxyl groups excluding tert-OH is 2. The number of nitrogens with one attached hydrogen (secondary N) is 2. The number of nitrogen functional groups attached to an aromatic ring is 1. The topological polar surface area (TPSA) is 207 Å². The summed E-state index contributed by atoms with van der Waals surface area (Å²) in [7, 11) is 0. The molecule has 15 heteroatoms. The molecule has 41 heavy (non-hydrogen) atoms. The minimum atomic E-state index is -1.42. The molecule has 5 heterocycles. The van der Waals surface area contributed by atoms with Crippen molar-refractivity contribution in [3.8, 4) is 11.8 Å². The highest BCUT2D eigenvalue weighted by Gasteiger charge is 2.48. The molecule has 3 amide bonds. The summed E-state index contributed by atoms with van der Waals surface area (Å²) in [5.74, 6) is 5.98. The van der Waals surface area contributed by atoms with E-state index in [9.17, 15) is 24.6 Å². The van der Waals surface area contributed by atoms with E-state index >= 15 is 0 Å². The van der Waals surface area contributed by atoms with Crippen LogP contribution in [0.2, 0.25) is 0 Å². The minimum Gasteiger partial charge on any atom is -0.444 e. The normalized spacial score (nSPS) is 28.3. The first kappa shape index (κ1) is 27.2. The first-order valence-electron chi connectivity index (χ1n) is 13.8. The molecule has 4 fully saturated rings. The van der Waals surface area contributed by atoms with Crippen LogP contribution in [0.4, 0.5) is 10.6 Å². The summed E-state index contributed by atoms with van der Waals surface area (Å²) < 4.78 is 12.6. The van der Waals surface area contributed by atoms with Gasteiger partial charge >= 0.3 is 6.09 Å². The summed E-state index contributed by atoms with van der Waals surface area (Å²) in [5, 5.41) is 26.6. The number of ether oxygens (including phenoxy) is 2. The smallest absolute Gasteiger partial charge is 0.410 e. The van der Waals surface area contributed by atoms with Gasteiger partial charge in [-0.25, -0.2) is 19.7 Å². The fourth-order valence-corrected chi connectivity index (χ4v) is 5.27. The lowest BCUT2D eigenvalue weighted by Crippen LogP contribution is -2.43. The molecule has 2 aromatic rings. The maximum atomic E-state index is 12.5. The lowest BCUT2D eigenvalue weighted by molar-refractivity contribution is -0.137. The zero-order valence-electron chi connectivity index (χ0n) is 22.2. The van der Waals surface area contributed by atoms with Crippen LogP contribution in [0.5, 0.6) is 0 Å². The van der Waals surface area contributed by atoms with Crippen molar-refractivity contribution in [2.24, 2.45) is 5.92 Å². The second kappa shape index (κ2) is 11.1. The number of hydrogen-bond donors (Lipinski definition) is 5. The third-order valence-electron chi connectivity index (χ3n) is 7.81. The van der Waals surface area contributed by atoms with Crippen molar-refractivity contribution in [2.75, 3.05) is 25.4 Å². The van der Waals surface area contributed by atoms with Gasteiger partial charge < -0.3 is 41.0 Å². The number of amides is 3. The van der Waals surface area contributed by atoms with Gasteiger partial charge in [0, 0.05) is 25.6 Å². The van der Waals surface area contributed by atoms with E-state index in [0.29, 0.717) is 26.1 Å². The number of hydrogen-bond acceptors (Lipinski definition) is 11. The Bertz CT molecular complexity index is 1410. The Balaban J connectivity index is 1.08. The molecule has 0 bridgehead atoms.